The summed E-state index contributed by atoms with van der Waals surface area (Å²) in [5.74, 6) is 0.0278. The zero-order valence-electron chi connectivity index (χ0n) is 24.2. The van der Waals surface area contributed by atoms with Gasteiger partial charge in [-0.2, -0.15) is 18.3 Å². The molecule has 0 spiro atoms. The van der Waals surface area contributed by atoms with Crippen LogP contribution >= 0.6 is 11.6 Å². The lowest BCUT2D eigenvalue weighted by Gasteiger charge is -2.24. The highest BCUT2D eigenvalue weighted by Crippen LogP contribution is 2.33. The summed E-state index contributed by atoms with van der Waals surface area (Å²) in [6.07, 6.45) is -3.41. The summed E-state index contributed by atoms with van der Waals surface area (Å²) in [5.41, 5.74) is 3.06. The number of amides is 1. The molecule has 0 atom stereocenters. The third-order valence-corrected chi connectivity index (χ3v) is 8.38. The van der Waals surface area contributed by atoms with E-state index in [1.807, 2.05) is 19.1 Å². The van der Waals surface area contributed by atoms with Crippen molar-refractivity contribution in [2.45, 2.75) is 31.5 Å². The number of alkyl halides is 3. The van der Waals surface area contributed by atoms with E-state index < -0.39 is 34.2 Å². The third-order valence-electron chi connectivity index (χ3n) is 6.34. The first-order valence-corrected chi connectivity index (χ1v) is 15.4. The standard InChI is InChI=1S/C32H29ClF3N3O5S/c1-3-43-30-17-24(11-16-29(30)44-21-23-9-12-26(33)13-10-23)19-37-38-31(40)20-39(27-6-4-5-25(18-27)32(34,35)36)45(41,42)28-14-7-22(2)8-15-28/h4-19H,3,20-21H2,1-2H3,(H,38,40)/b37-19-. The molecule has 0 saturated carbocycles. The van der Waals surface area contributed by atoms with Crippen LogP contribution in [-0.4, -0.2) is 33.7 Å². The van der Waals surface area contributed by atoms with Gasteiger partial charge in [-0.3, -0.25) is 9.10 Å². The molecule has 0 aliphatic heterocycles. The maximum atomic E-state index is 13.5. The minimum Gasteiger partial charge on any atom is -0.490 e. The number of halogens is 4. The summed E-state index contributed by atoms with van der Waals surface area (Å²) in [5, 5.41) is 4.52. The van der Waals surface area contributed by atoms with Gasteiger partial charge < -0.3 is 9.47 Å². The summed E-state index contributed by atoms with van der Waals surface area (Å²) in [4.78, 5) is 12.7. The zero-order valence-corrected chi connectivity index (χ0v) is 25.8. The molecule has 0 aliphatic rings. The lowest BCUT2D eigenvalue weighted by molar-refractivity contribution is -0.137. The molecule has 8 nitrogen and oxygen atoms in total. The molecular formula is C32H29ClF3N3O5S. The molecule has 4 aromatic carbocycles. The van der Waals surface area contributed by atoms with Gasteiger partial charge in [0, 0.05) is 5.02 Å². The van der Waals surface area contributed by atoms with E-state index in [-0.39, 0.29) is 17.2 Å². The van der Waals surface area contributed by atoms with Crippen molar-refractivity contribution >= 4 is 39.4 Å². The van der Waals surface area contributed by atoms with E-state index in [4.69, 9.17) is 21.1 Å². The quantitative estimate of drug-likeness (QED) is 0.131. The van der Waals surface area contributed by atoms with Gasteiger partial charge in [0.25, 0.3) is 15.9 Å². The van der Waals surface area contributed by atoms with Crippen molar-refractivity contribution in [1.29, 1.82) is 0 Å². The zero-order chi connectivity index (χ0) is 32.6. The number of carbonyl (C=O) groups excluding carboxylic acids is 1. The molecule has 0 aromatic heterocycles. The molecule has 236 valence electrons. The number of benzene rings is 4. The number of carbonyl (C=O) groups is 1. The average Bonchev–Trinajstić information content (AvgIpc) is 3.00. The fourth-order valence-corrected chi connectivity index (χ4v) is 5.61. The number of hydrazone groups is 1. The van der Waals surface area contributed by atoms with Crippen molar-refractivity contribution in [3.8, 4) is 11.5 Å². The van der Waals surface area contributed by atoms with Gasteiger partial charge in [0.2, 0.25) is 0 Å². The second kappa shape index (κ2) is 14.5. The number of hydrogen-bond acceptors (Lipinski definition) is 6. The number of ether oxygens (including phenoxy) is 2. The Morgan fingerprint density at radius 2 is 1.67 bits per heavy atom. The number of nitrogens with zero attached hydrogens (tertiary/aromatic N) is 2. The van der Waals surface area contributed by atoms with Crippen molar-refractivity contribution in [1.82, 2.24) is 5.43 Å². The first-order chi connectivity index (χ1) is 21.4. The van der Waals surface area contributed by atoms with E-state index in [2.05, 4.69) is 10.5 Å². The van der Waals surface area contributed by atoms with Crippen LogP contribution < -0.4 is 19.2 Å². The molecule has 1 N–H and O–H groups in total. The highest BCUT2D eigenvalue weighted by molar-refractivity contribution is 7.92. The Hall–Kier alpha value is -4.55. The second-order valence-corrected chi connectivity index (χ2v) is 12.0. The molecule has 0 unspecified atom stereocenters. The lowest BCUT2D eigenvalue weighted by Crippen LogP contribution is -2.39. The smallest absolute Gasteiger partial charge is 0.416 e. The normalized spacial score (nSPS) is 11.8. The second-order valence-electron chi connectivity index (χ2n) is 9.72. The number of anilines is 1. The van der Waals surface area contributed by atoms with E-state index in [1.165, 1.54) is 24.4 Å². The highest BCUT2D eigenvalue weighted by atomic mass is 35.5. The molecule has 0 saturated heterocycles. The van der Waals surface area contributed by atoms with Crippen LogP contribution in [0.15, 0.2) is 101 Å². The van der Waals surface area contributed by atoms with Crippen LogP contribution in [-0.2, 0) is 27.6 Å². The molecule has 0 aliphatic carbocycles. The molecule has 1 amide bonds. The Labute approximate surface area is 264 Å². The Morgan fingerprint density at radius 3 is 2.33 bits per heavy atom. The topological polar surface area (TPSA) is 97.3 Å². The van der Waals surface area contributed by atoms with Crippen LogP contribution in [0.4, 0.5) is 18.9 Å². The monoisotopic (exact) mass is 659 g/mol. The van der Waals surface area contributed by atoms with E-state index in [1.54, 1.807) is 49.4 Å². The predicted molar refractivity (Wildman–Crippen MR) is 166 cm³/mol. The van der Waals surface area contributed by atoms with Crippen molar-refractivity contribution in [2.75, 3.05) is 17.5 Å². The summed E-state index contributed by atoms with van der Waals surface area (Å²) in [6, 6.07) is 21.7. The van der Waals surface area contributed by atoms with Crippen LogP contribution in [0.3, 0.4) is 0 Å². The fraction of sp³-hybridized carbons (Fsp3) is 0.188. The molecule has 4 aromatic rings. The van der Waals surface area contributed by atoms with Crippen LogP contribution in [0.1, 0.15) is 29.2 Å². The van der Waals surface area contributed by atoms with E-state index >= 15 is 0 Å². The largest absolute Gasteiger partial charge is 0.490 e. The summed E-state index contributed by atoms with van der Waals surface area (Å²) < 4.78 is 79.5. The van der Waals surface area contributed by atoms with Crippen molar-refractivity contribution < 1.29 is 35.9 Å². The van der Waals surface area contributed by atoms with Gasteiger partial charge >= 0.3 is 6.18 Å². The lowest BCUT2D eigenvalue weighted by atomic mass is 10.2. The van der Waals surface area contributed by atoms with E-state index in [9.17, 15) is 26.4 Å². The number of hydrogen-bond donors (Lipinski definition) is 1. The molecule has 0 bridgehead atoms. The molecule has 45 heavy (non-hydrogen) atoms. The van der Waals surface area contributed by atoms with Gasteiger partial charge in [-0.15, -0.1) is 0 Å². The Kier molecular flexibility index (Phi) is 10.7. The summed E-state index contributed by atoms with van der Waals surface area (Å²) in [6.45, 7) is 3.36. The molecule has 0 radical (unpaired) electrons. The number of sulfonamides is 1. The third kappa shape index (κ3) is 8.99. The van der Waals surface area contributed by atoms with Gasteiger partial charge in [-0.1, -0.05) is 47.5 Å². The number of nitrogens with one attached hydrogen (secondary N) is 1. The van der Waals surface area contributed by atoms with E-state index in [0.29, 0.717) is 39.1 Å². The minimum atomic E-state index is -4.72. The van der Waals surface area contributed by atoms with Crippen LogP contribution in [0.2, 0.25) is 5.02 Å². The van der Waals surface area contributed by atoms with Crippen LogP contribution in [0.25, 0.3) is 0 Å². The van der Waals surface area contributed by atoms with Crippen LogP contribution in [0.5, 0.6) is 11.5 Å². The van der Waals surface area contributed by atoms with Gasteiger partial charge in [-0.25, -0.2) is 13.8 Å². The molecule has 0 fully saturated rings. The number of aryl methyl sites for hydroxylation is 1. The summed E-state index contributed by atoms with van der Waals surface area (Å²) in [7, 11) is -4.43. The van der Waals surface area contributed by atoms with E-state index in [0.717, 1.165) is 23.3 Å². The SMILES string of the molecule is CCOc1cc(/C=N\NC(=O)CN(c2cccc(C(F)(F)F)c2)S(=O)(=O)c2ccc(C)cc2)ccc1OCc1ccc(Cl)cc1. The Morgan fingerprint density at radius 1 is 0.956 bits per heavy atom. The van der Waals surface area contributed by atoms with Gasteiger partial charge in [0.1, 0.15) is 13.2 Å². The first-order valence-electron chi connectivity index (χ1n) is 13.6. The molecule has 0 heterocycles. The maximum Gasteiger partial charge on any atom is 0.416 e. The van der Waals surface area contributed by atoms with Crippen molar-refractivity contribution in [3.63, 3.8) is 0 Å². The predicted octanol–water partition coefficient (Wildman–Crippen LogP) is 6.99. The van der Waals surface area contributed by atoms with Crippen molar-refractivity contribution in [2.24, 2.45) is 5.10 Å². The van der Waals surface area contributed by atoms with Crippen molar-refractivity contribution in [3.05, 3.63) is 118 Å². The van der Waals surface area contributed by atoms with Crippen LogP contribution in [0, 0.1) is 6.92 Å². The minimum absolute atomic E-state index is 0.191. The number of rotatable bonds is 12. The first kappa shape index (κ1) is 33.3. The van der Waals surface area contributed by atoms with Gasteiger partial charge in [-0.05, 0) is 85.6 Å². The average molecular weight is 660 g/mol. The Bertz CT molecular complexity index is 1760. The van der Waals surface area contributed by atoms with Gasteiger partial charge in [0.05, 0.1) is 29.0 Å². The maximum absolute atomic E-state index is 13.5. The van der Waals surface area contributed by atoms with Gasteiger partial charge in [0.15, 0.2) is 11.5 Å². The summed E-state index contributed by atoms with van der Waals surface area (Å²) >= 11 is 5.93. The highest BCUT2D eigenvalue weighted by Gasteiger charge is 2.33. The molecule has 4 rings (SSSR count). The molecule has 13 heteroatoms. The molecular weight excluding hydrogens is 631 g/mol. The Balaban J connectivity index is 1.51. The fourth-order valence-electron chi connectivity index (χ4n) is 4.07.